The van der Waals surface area contributed by atoms with Crippen LogP contribution in [0.5, 0.6) is 0 Å². The van der Waals surface area contributed by atoms with E-state index < -0.39 is 0 Å². The molecule has 5 nitrogen and oxygen atoms in total. The second-order valence-corrected chi connectivity index (χ2v) is 8.45. The number of anilines is 1. The van der Waals surface area contributed by atoms with Gasteiger partial charge in [0.05, 0.1) is 5.56 Å². The van der Waals surface area contributed by atoms with Gasteiger partial charge in [-0.15, -0.1) is 11.3 Å². The molecule has 0 bridgehead atoms. The molecule has 2 aromatic rings. The lowest BCUT2D eigenvalue weighted by atomic mass is 9.95. The number of benzene rings is 1. The van der Waals surface area contributed by atoms with Crippen LogP contribution in [-0.4, -0.2) is 32.1 Å². The van der Waals surface area contributed by atoms with Crippen LogP contribution in [0.15, 0.2) is 18.2 Å². The molecule has 0 atom stereocenters. The quantitative estimate of drug-likeness (QED) is 0.683. The van der Waals surface area contributed by atoms with Crippen LogP contribution in [0.1, 0.15) is 61.5 Å². The van der Waals surface area contributed by atoms with Crippen LogP contribution in [0.4, 0.5) is 5.00 Å². The summed E-state index contributed by atoms with van der Waals surface area (Å²) in [7, 11) is 1.65. The summed E-state index contributed by atoms with van der Waals surface area (Å²) >= 11 is 1.55. The molecule has 2 N–H and O–H groups in total. The van der Waals surface area contributed by atoms with E-state index in [0.717, 1.165) is 48.8 Å². The van der Waals surface area contributed by atoms with Gasteiger partial charge in [-0.2, -0.15) is 0 Å². The van der Waals surface area contributed by atoms with Gasteiger partial charge in [-0.05, 0) is 63.6 Å². The van der Waals surface area contributed by atoms with E-state index in [1.54, 1.807) is 18.4 Å². The molecule has 0 aliphatic heterocycles. The molecule has 3 rings (SSSR count). The Hall–Kier alpha value is -2.18. The topological polar surface area (TPSA) is 67.4 Å². The SMILES string of the molecule is COCCCNC(=O)c1c(NC(=O)c2cc(C)cc(C)c2)sc2c1CCCC2. The van der Waals surface area contributed by atoms with Gasteiger partial charge in [0.15, 0.2) is 0 Å². The number of ether oxygens (including phenoxy) is 1. The summed E-state index contributed by atoms with van der Waals surface area (Å²) in [5, 5.41) is 6.66. The van der Waals surface area contributed by atoms with Crippen molar-refractivity contribution < 1.29 is 14.3 Å². The number of amides is 2. The van der Waals surface area contributed by atoms with E-state index >= 15 is 0 Å². The molecule has 0 unspecified atom stereocenters. The first-order valence-electron chi connectivity index (χ1n) is 9.81. The van der Waals surface area contributed by atoms with Crippen molar-refractivity contribution in [2.45, 2.75) is 46.0 Å². The monoisotopic (exact) mass is 400 g/mol. The third kappa shape index (κ3) is 4.80. The fraction of sp³-hybridized carbons (Fsp3) is 0.455. The van der Waals surface area contributed by atoms with Crippen LogP contribution in [0.25, 0.3) is 0 Å². The van der Waals surface area contributed by atoms with Crippen LogP contribution in [0.2, 0.25) is 0 Å². The average molecular weight is 401 g/mol. The molecule has 2 amide bonds. The molecule has 1 heterocycles. The highest BCUT2D eigenvalue weighted by molar-refractivity contribution is 7.17. The lowest BCUT2D eigenvalue weighted by Crippen LogP contribution is -2.27. The van der Waals surface area contributed by atoms with Crippen molar-refractivity contribution in [1.29, 1.82) is 0 Å². The van der Waals surface area contributed by atoms with Gasteiger partial charge in [-0.25, -0.2) is 0 Å². The third-order valence-corrected chi connectivity index (χ3v) is 6.13. The maximum absolute atomic E-state index is 12.9. The van der Waals surface area contributed by atoms with Crippen LogP contribution in [0, 0.1) is 13.8 Å². The summed E-state index contributed by atoms with van der Waals surface area (Å²) in [6.45, 7) is 5.12. The normalized spacial score (nSPS) is 13.1. The number of aryl methyl sites for hydroxylation is 3. The van der Waals surface area contributed by atoms with Crippen LogP contribution >= 0.6 is 11.3 Å². The van der Waals surface area contributed by atoms with Crippen LogP contribution < -0.4 is 10.6 Å². The lowest BCUT2D eigenvalue weighted by Gasteiger charge is -2.13. The Morgan fingerprint density at radius 3 is 2.50 bits per heavy atom. The first-order chi connectivity index (χ1) is 13.5. The van der Waals surface area contributed by atoms with Crippen molar-refractivity contribution in [2.24, 2.45) is 0 Å². The molecule has 150 valence electrons. The van der Waals surface area contributed by atoms with E-state index in [0.29, 0.717) is 29.3 Å². The van der Waals surface area contributed by atoms with Crippen molar-refractivity contribution in [3.05, 3.63) is 50.9 Å². The van der Waals surface area contributed by atoms with Gasteiger partial charge in [0.2, 0.25) is 0 Å². The first-order valence-corrected chi connectivity index (χ1v) is 10.6. The Bertz CT molecular complexity index is 853. The molecule has 28 heavy (non-hydrogen) atoms. The van der Waals surface area contributed by atoms with Gasteiger partial charge in [-0.3, -0.25) is 9.59 Å². The van der Waals surface area contributed by atoms with Crippen molar-refractivity contribution >= 4 is 28.2 Å². The molecule has 6 heteroatoms. The zero-order valence-corrected chi connectivity index (χ0v) is 17.6. The molecule has 1 aromatic carbocycles. The summed E-state index contributed by atoms with van der Waals surface area (Å²) in [5.74, 6) is -0.273. The standard InChI is InChI=1S/C22H28N2O3S/c1-14-11-15(2)13-16(12-14)20(25)24-22-19(21(26)23-9-6-10-27-3)17-7-4-5-8-18(17)28-22/h11-13H,4-10H2,1-3H3,(H,23,26)(H,24,25). The minimum Gasteiger partial charge on any atom is -0.385 e. The second kappa shape index (κ2) is 9.34. The molecule has 0 fully saturated rings. The van der Waals surface area contributed by atoms with Gasteiger partial charge in [0.25, 0.3) is 11.8 Å². The van der Waals surface area contributed by atoms with Crippen LogP contribution in [0.3, 0.4) is 0 Å². The van der Waals surface area contributed by atoms with Gasteiger partial charge in [-0.1, -0.05) is 17.2 Å². The van der Waals surface area contributed by atoms with Crippen molar-refractivity contribution in [2.75, 3.05) is 25.6 Å². The van der Waals surface area contributed by atoms with Gasteiger partial charge in [0, 0.05) is 30.7 Å². The van der Waals surface area contributed by atoms with Crippen molar-refractivity contribution in [3.8, 4) is 0 Å². The maximum atomic E-state index is 12.9. The van der Waals surface area contributed by atoms with Crippen molar-refractivity contribution in [3.63, 3.8) is 0 Å². The van der Waals surface area contributed by atoms with Gasteiger partial charge in [0.1, 0.15) is 5.00 Å². The number of methoxy groups -OCH3 is 1. The lowest BCUT2D eigenvalue weighted by molar-refractivity contribution is 0.0948. The summed E-state index contributed by atoms with van der Waals surface area (Å²) in [5.41, 5.74) is 4.47. The molecule has 0 radical (unpaired) electrons. The minimum absolute atomic E-state index is 0.105. The predicted octanol–water partition coefficient (Wildman–Crippen LogP) is 4.26. The van der Waals surface area contributed by atoms with E-state index in [1.165, 1.54) is 4.88 Å². The number of nitrogens with one attached hydrogen (secondary N) is 2. The van der Waals surface area contributed by atoms with Crippen molar-refractivity contribution in [1.82, 2.24) is 5.32 Å². The summed E-state index contributed by atoms with van der Waals surface area (Å²) in [6.07, 6.45) is 4.85. The second-order valence-electron chi connectivity index (χ2n) is 7.35. The summed E-state index contributed by atoms with van der Waals surface area (Å²) in [6, 6.07) is 5.79. The Kier molecular flexibility index (Phi) is 6.86. The molecule has 0 saturated carbocycles. The molecular formula is C22H28N2O3S. The van der Waals surface area contributed by atoms with Gasteiger partial charge >= 0.3 is 0 Å². The molecule has 1 aliphatic carbocycles. The van der Waals surface area contributed by atoms with E-state index in [4.69, 9.17) is 4.74 Å². The zero-order valence-electron chi connectivity index (χ0n) is 16.8. The predicted molar refractivity (Wildman–Crippen MR) is 114 cm³/mol. The Morgan fingerprint density at radius 2 is 1.79 bits per heavy atom. The highest BCUT2D eigenvalue weighted by Crippen LogP contribution is 2.38. The highest BCUT2D eigenvalue weighted by Gasteiger charge is 2.26. The largest absolute Gasteiger partial charge is 0.385 e. The fourth-order valence-corrected chi connectivity index (χ4v) is 4.96. The van der Waals surface area contributed by atoms with E-state index in [2.05, 4.69) is 10.6 Å². The molecule has 0 spiro atoms. The molecule has 1 aromatic heterocycles. The Balaban J connectivity index is 1.84. The molecular weight excluding hydrogens is 372 g/mol. The number of carbonyl (C=O) groups is 2. The number of carbonyl (C=O) groups excluding carboxylic acids is 2. The highest BCUT2D eigenvalue weighted by atomic mass is 32.1. The number of hydrogen-bond donors (Lipinski definition) is 2. The third-order valence-electron chi connectivity index (χ3n) is 4.92. The Morgan fingerprint density at radius 1 is 1.07 bits per heavy atom. The summed E-state index contributed by atoms with van der Waals surface area (Å²) < 4.78 is 5.04. The number of fused-ring (bicyclic) bond motifs is 1. The number of thiophene rings is 1. The molecule has 0 saturated heterocycles. The minimum atomic E-state index is -0.168. The number of rotatable bonds is 7. The van der Waals surface area contributed by atoms with E-state index in [9.17, 15) is 9.59 Å². The smallest absolute Gasteiger partial charge is 0.256 e. The Labute approximate surface area is 170 Å². The first kappa shape index (κ1) is 20.6. The van der Waals surface area contributed by atoms with Crippen LogP contribution in [-0.2, 0) is 17.6 Å². The summed E-state index contributed by atoms with van der Waals surface area (Å²) in [4.78, 5) is 27.0. The van der Waals surface area contributed by atoms with E-state index in [1.807, 2.05) is 32.0 Å². The average Bonchev–Trinajstić information content (AvgIpc) is 3.02. The van der Waals surface area contributed by atoms with Gasteiger partial charge < -0.3 is 15.4 Å². The number of hydrogen-bond acceptors (Lipinski definition) is 4. The fourth-order valence-electron chi connectivity index (χ4n) is 3.68. The van der Waals surface area contributed by atoms with E-state index in [-0.39, 0.29) is 11.8 Å². The maximum Gasteiger partial charge on any atom is 0.256 e. The zero-order chi connectivity index (χ0) is 20.1. The molecule has 1 aliphatic rings.